The number of benzene rings is 1. The van der Waals surface area contributed by atoms with E-state index in [1.807, 2.05) is 36.7 Å². The average Bonchev–Trinajstić information content (AvgIpc) is 2.80. The lowest BCUT2D eigenvalue weighted by molar-refractivity contribution is 0.283. The normalized spacial score (nSPS) is 15.0. The van der Waals surface area contributed by atoms with Gasteiger partial charge in [0.2, 0.25) is 5.95 Å². The van der Waals surface area contributed by atoms with E-state index >= 15 is 0 Å². The zero-order chi connectivity index (χ0) is 19.7. The highest BCUT2D eigenvalue weighted by Gasteiger charge is 2.18. The highest BCUT2D eigenvalue weighted by Crippen LogP contribution is 2.14. The number of aromatic nitrogens is 3. The van der Waals surface area contributed by atoms with Gasteiger partial charge in [0.1, 0.15) is 5.82 Å². The van der Waals surface area contributed by atoms with Crippen molar-refractivity contribution in [2.75, 3.05) is 42.9 Å². The average molecular weight is 387 g/mol. The summed E-state index contributed by atoms with van der Waals surface area (Å²) in [6, 6.07) is 16.3. The fourth-order valence-electron chi connectivity index (χ4n) is 3.33. The second-order valence-electron chi connectivity index (χ2n) is 7.06. The summed E-state index contributed by atoms with van der Waals surface area (Å²) in [7, 11) is 0. The van der Waals surface area contributed by atoms with Crippen LogP contribution < -0.4 is 10.2 Å². The predicted molar refractivity (Wildman–Crippen MR) is 118 cm³/mol. The minimum Gasteiger partial charge on any atom is -0.366 e. The van der Waals surface area contributed by atoms with Crippen LogP contribution in [0.5, 0.6) is 0 Å². The maximum Gasteiger partial charge on any atom is 0.227 e. The van der Waals surface area contributed by atoms with E-state index in [9.17, 15) is 0 Å². The summed E-state index contributed by atoms with van der Waals surface area (Å²) >= 11 is 0. The van der Waals surface area contributed by atoms with Crippen LogP contribution in [0, 0.1) is 0 Å². The zero-order valence-electron chi connectivity index (χ0n) is 16.5. The van der Waals surface area contributed by atoms with Crippen LogP contribution in [-0.2, 0) is 6.54 Å². The molecular weight excluding hydrogens is 360 g/mol. The summed E-state index contributed by atoms with van der Waals surface area (Å²) in [4.78, 5) is 18.0. The van der Waals surface area contributed by atoms with Gasteiger partial charge < -0.3 is 10.2 Å². The first kappa shape index (κ1) is 19.1. The van der Waals surface area contributed by atoms with Gasteiger partial charge >= 0.3 is 0 Å². The van der Waals surface area contributed by atoms with Gasteiger partial charge in [0.05, 0.1) is 0 Å². The molecular formula is C23H26N6. The number of pyridine rings is 1. The first-order chi connectivity index (χ1) is 14.4. The number of nitrogens with one attached hydrogen (secondary N) is 1. The largest absolute Gasteiger partial charge is 0.366 e. The third-order valence-corrected chi connectivity index (χ3v) is 4.97. The van der Waals surface area contributed by atoms with E-state index in [1.165, 1.54) is 5.56 Å². The summed E-state index contributed by atoms with van der Waals surface area (Å²) in [6.07, 6.45) is 9.89. The highest BCUT2D eigenvalue weighted by atomic mass is 15.3. The highest BCUT2D eigenvalue weighted by molar-refractivity contribution is 5.48. The van der Waals surface area contributed by atoms with Gasteiger partial charge in [0.15, 0.2) is 0 Å². The Morgan fingerprint density at radius 2 is 1.79 bits per heavy atom. The Kier molecular flexibility index (Phi) is 6.45. The molecule has 1 aliphatic heterocycles. The molecule has 0 unspecified atom stereocenters. The molecule has 0 saturated carbocycles. The van der Waals surface area contributed by atoms with Crippen molar-refractivity contribution in [2.24, 2.45) is 0 Å². The van der Waals surface area contributed by atoms with Crippen molar-refractivity contribution in [3.63, 3.8) is 0 Å². The molecule has 3 aromatic rings. The van der Waals surface area contributed by atoms with Gasteiger partial charge in [0.25, 0.3) is 0 Å². The van der Waals surface area contributed by atoms with E-state index in [0.717, 1.165) is 50.1 Å². The lowest BCUT2D eigenvalue weighted by atomic mass is 10.2. The molecule has 3 heterocycles. The zero-order valence-corrected chi connectivity index (χ0v) is 16.5. The Morgan fingerprint density at radius 3 is 2.59 bits per heavy atom. The Bertz CT molecular complexity index is 905. The van der Waals surface area contributed by atoms with E-state index < -0.39 is 0 Å². The number of rotatable bonds is 7. The number of hydrogen-bond acceptors (Lipinski definition) is 6. The monoisotopic (exact) mass is 386 g/mol. The molecule has 0 radical (unpaired) electrons. The molecule has 1 aliphatic rings. The quantitative estimate of drug-likeness (QED) is 0.672. The minimum atomic E-state index is 0.700. The van der Waals surface area contributed by atoms with Crippen LogP contribution in [0.15, 0.2) is 73.2 Å². The van der Waals surface area contributed by atoms with Crippen LogP contribution >= 0.6 is 0 Å². The van der Waals surface area contributed by atoms with E-state index in [0.29, 0.717) is 6.54 Å². The molecule has 0 aliphatic carbocycles. The third kappa shape index (κ3) is 5.62. The predicted octanol–water partition coefficient (Wildman–Crippen LogP) is 3.32. The van der Waals surface area contributed by atoms with Crippen molar-refractivity contribution in [3.8, 4) is 0 Å². The van der Waals surface area contributed by atoms with Crippen LogP contribution in [0.3, 0.4) is 0 Å². The van der Waals surface area contributed by atoms with Gasteiger partial charge in [0, 0.05) is 57.9 Å². The molecule has 1 aromatic carbocycles. The van der Waals surface area contributed by atoms with Gasteiger partial charge in [-0.3, -0.25) is 9.88 Å². The topological polar surface area (TPSA) is 57.2 Å². The Hall–Kier alpha value is -3.25. The molecule has 0 spiro atoms. The minimum absolute atomic E-state index is 0.700. The van der Waals surface area contributed by atoms with Crippen LogP contribution in [0.25, 0.3) is 6.08 Å². The standard InChI is InChI=1S/C23H26N6/c1-2-6-20(7-3-1)9-5-13-28-14-16-29(17-15-28)23-25-12-10-22(27-23)26-19-21-8-4-11-24-18-21/h1-12,18H,13-17,19H2,(H,25,26,27)/b9-5+. The summed E-state index contributed by atoms with van der Waals surface area (Å²) in [6.45, 7) is 5.56. The van der Waals surface area contributed by atoms with E-state index in [1.54, 1.807) is 6.20 Å². The van der Waals surface area contributed by atoms with Crippen molar-refractivity contribution in [3.05, 3.63) is 84.3 Å². The van der Waals surface area contributed by atoms with Gasteiger partial charge in [-0.1, -0.05) is 48.6 Å². The fraction of sp³-hybridized carbons (Fsp3) is 0.261. The third-order valence-electron chi connectivity index (χ3n) is 4.97. The fourth-order valence-corrected chi connectivity index (χ4v) is 3.33. The first-order valence-corrected chi connectivity index (χ1v) is 10.0. The molecule has 1 N–H and O–H groups in total. The van der Waals surface area contributed by atoms with Gasteiger partial charge in [-0.2, -0.15) is 4.98 Å². The lowest BCUT2D eigenvalue weighted by Gasteiger charge is -2.34. The van der Waals surface area contributed by atoms with Crippen LogP contribution in [0.4, 0.5) is 11.8 Å². The number of nitrogens with zero attached hydrogens (tertiary/aromatic N) is 5. The molecule has 0 atom stereocenters. The molecule has 6 nitrogen and oxygen atoms in total. The first-order valence-electron chi connectivity index (χ1n) is 10.0. The molecule has 148 valence electrons. The van der Waals surface area contributed by atoms with E-state index in [-0.39, 0.29) is 0 Å². The lowest BCUT2D eigenvalue weighted by Crippen LogP contribution is -2.47. The summed E-state index contributed by atoms with van der Waals surface area (Å²) in [5.41, 5.74) is 2.37. The number of anilines is 2. The van der Waals surface area contributed by atoms with E-state index in [4.69, 9.17) is 0 Å². The van der Waals surface area contributed by atoms with Gasteiger partial charge in [-0.25, -0.2) is 4.98 Å². The Morgan fingerprint density at radius 1 is 0.931 bits per heavy atom. The van der Waals surface area contributed by atoms with Crippen LogP contribution in [-0.4, -0.2) is 52.6 Å². The van der Waals surface area contributed by atoms with Gasteiger partial charge in [-0.15, -0.1) is 0 Å². The van der Waals surface area contributed by atoms with Crippen LogP contribution in [0.1, 0.15) is 11.1 Å². The number of piperazine rings is 1. The smallest absolute Gasteiger partial charge is 0.227 e. The summed E-state index contributed by atoms with van der Waals surface area (Å²) in [5, 5.41) is 3.36. The number of hydrogen-bond donors (Lipinski definition) is 1. The molecule has 0 amide bonds. The molecule has 1 saturated heterocycles. The molecule has 0 bridgehead atoms. The van der Waals surface area contributed by atoms with Crippen molar-refractivity contribution in [1.82, 2.24) is 19.9 Å². The summed E-state index contributed by atoms with van der Waals surface area (Å²) in [5.74, 6) is 1.63. The Balaban J connectivity index is 1.26. The van der Waals surface area contributed by atoms with Gasteiger partial charge in [-0.05, 0) is 23.3 Å². The second-order valence-corrected chi connectivity index (χ2v) is 7.06. The summed E-state index contributed by atoms with van der Waals surface area (Å²) < 4.78 is 0. The molecule has 29 heavy (non-hydrogen) atoms. The van der Waals surface area contributed by atoms with Crippen molar-refractivity contribution < 1.29 is 0 Å². The molecule has 4 rings (SSSR count). The van der Waals surface area contributed by atoms with Crippen molar-refractivity contribution >= 4 is 17.8 Å². The van der Waals surface area contributed by atoms with Crippen molar-refractivity contribution in [2.45, 2.75) is 6.54 Å². The van der Waals surface area contributed by atoms with Crippen molar-refractivity contribution in [1.29, 1.82) is 0 Å². The molecule has 1 fully saturated rings. The Labute approximate surface area is 171 Å². The van der Waals surface area contributed by atoms with E-state index in [2.05, 4.69) is 66.5 Å². The molecule has 2 aromatic heterocycles. The second kappa shape index (κ2) is 9.80. The maximum absolute atomic E-state index is 4.69. The maximum atomic E-state index is 4.69. The van der Waals surface area contributed by atoms with Crippen LogP contribution in [0.2, 0.25) is 0 Å². The SMILES string of the molecule is C(=C\c1ccccc1)/CN1CCN(c2nccc(NCc3cccnc3)n2)CC1. The molecule has 6 heteroatoms.